The van der Waals surface area contributed by atoms with Crippen LogP contribution in [0.25, 0.3) is 11.4 Å². The lowest BCUT2D eigenvalue weighted by molar-refractivity contribution is 0.482. The minimum atomic E-state index is 0.404. The minimum Gasteiger partial charge on any atom is -0.457 e. The highest BCUT2D eigenvalue weighted by Crippen LogP contribution is 2.21. The number of hydrogen-bond donors (Lipinski definition) is 1. The molecular weight excluding hydrogens is 358 g/mol. The summed E-state index contributed by atoms with van der Waals surface area (Å²) in [5.74, 6) is 2.11. The molecule has 0 fully saturated rings. The van der Waals surface area contributed by atoms with Crippen molar-refractivity contribution in [1.82, 2.24) is 19.9 Å². The van der Waals surface area contributed by atoms with Crippen molar-refractivity contribution in [3.63, 3.8) is 0 Å². The second kappa shape index (κ2) is 7.76. The molecule has 4 rings (SSSR count). The van der Waals surface area contributed by atoms with Gasteiger partial charge in [0.2, 0.25) is 4.77 Å². The Morgan fingerprint density at radius 1 is 1.00 bits per heavy atom. The lowest BCUT2D eigenvalue weighted by Crippen LogP contribution is -1.95. The first kappa shape index (κ1) is 16.9. The van der Waals surface area contributed by atoms with E-state index in [9.17, 15) is 0 Å². The van der Waals surface area contributed by atoms with Crippen molar-refractivity contribution in [3.8, 4) is 22.9 Å². The maximum absolute atomic E-state index is 5.86. The second-order valence-electron chi connectivity index (χ2n) is 5.64. The normalized spacial score (nSPS) is 11.0. The Kier molecular flexibility index (Phi) is 4.84. The van der Waals surface area contributed by atoms with Crippen LogP contribution in [-0.2, 0) is 0 Å². The van der Waals surface area contributed by atoms with Gasteiger partial charge in [0.1, 0.15) is 11.5 Å². The van der Waals surface area contributed by atoms with E-state index in [4.69, 9.17) is 17.0 Å². The molecule has 0 atom stereocenters. The van der Waals surface area contributed by atoms with E-state index >= 15 is 0 Å². The Labute approximate surface area is 160 Å². The molecule has 0 aliphatic heterocycles. The van der Waals surface area contributed by atoms with Crippen molar-refractivity contribution < 1.29 is 4.74 Å². The van der Waals surface area contributed by atoms with Crippen LogP contribution >= 0.6 is 12.2 Å². The zero-order valence-corrected chi connectivity index (χ0v) is 15.0. The maximum atomic E-state index is 5.86. The van der Waals surface area contributed by atoms with Gasteiger partial charge in [0.25, 0.3) is 0 Å². The molecule has 0 radical (unpaired) electrons. The van der Waals surface area contributed by atoms with Crippen LogP contribution in [0, 0.1) is 4.77 Å². The number of H-pyrrole nitrogens is 1. The first-order valence-electron chi connectivity index (χ1n) is 8.25. The molecule has 0 bridgehead atoms. The van der Waals surface area contributed by atoms with Crippen LogP contribution in [0.5, 0.6) is 11.5 Å². The van der Waals surface area contributed by atoms with Crippen molar-refractivity contribution in [3.05, 3.63) is 89.5 Å². The van der Waals surface area contributed by atoms with Crippen molar-refractivity contribution in [2.45, 2.75) is 0 Å². The topological polar surface area (TPSA) is 68.1 Å². The summed E-state index contributed by atoms with van der Waals surface area (Å²) < 4.78 is 7.83. The molecule has 2 aromatic heterocycles. The molecule has 1 N–H and O–H groups in total. The van der Waals surface area contributed by atoms with Gasteiger partial charge in [-0.2, -0.15) is 14.9 Å². The first-order valence-corrected chi connectivity index (χ1v) is 8.65. The number of pyridine rings is 1. The predicted molar refractivity (Wildman–Crippen MR) is 107 cm³/mol. The second-order valence-corrected chi connectivity index (χ2v) is 6.02. The van der Waals surface area contributed by atoms with E-state index in [0.717, 1.165) is 22.6 Å². The molecule has 0 spiro atoms. The van der Waals surface area contributed by atoms with Gasteiger partial charge in [0.05, 0.1) is 6.21 Å². The number of nitrogens with zero attached hydrogens (tertiary/aromatic N) is 4. The molecule has 0 saturated heterocycles. The fourth-order valence-corrected chi connectivity index (χ4v) is 2.67. The molecule has 7 heteroatoms. The Morgan fingerprint density at radius 2 is 1.85 bits per heavy atom. The summed E-state index contributed by atoms with van der Waals surface area (Å²) in [6.45, 7) is 0. The van der Waals surface area contributed by atoms with E-state index in [1.54, 1.807) is 23.3 Å². The van der Waals surface area contributed by atoms with Gasteiger partial charge in [-0.3, -0.25) is 4.98 Å². The van der Waals surface area contributed by atoms with Gasteiger partial charge in [-0.1, -0.05) is 30.3 Å². The molecule has 0 amide bonds. The first-order chi connectivity index (χ1) is 13.3. The van der Waals surface area contributed by atoms with Crippen LogP contribution in [-0.4, -0.2) is 26.1 Å². The van der Waals surface area contributed by atoms with Crippen molar-refractivity contribution >= 4 is 18.4 Å². The highest BCUT2D eigenvalue weighted by molar-refractivity contribution is 7.71. The average Bonchev–Trinajstić information content (AvgIpc) is 3.09. The maximum Gasteiger partial charge on any atom is 0.216 e. The van der Waals surface area contributed by atoms with Gasteiger partial charge in [-0.15, -0.1) is 0 Å². The number of hydrogen-bond acceptors (Lipinski definition) is 5. The van der Waals surface area contributed by atoms with Crippen LogP contribution in [0.3, 0.4) is 0 Å². The third kappa shape index (κ3) is 3.99. The van der Waals surface area contributed by atoms with Crippen LogP contribution < -0.4 is 4.74 Å². The quantitative estimate of drug-likeness (QED) is 0.407. The Hall–Kier alpha value is -3.58. The van der Waals surface area contributed by atoms with Crippen LogP contribution in [0.1, 0.15) is 5.56 Å². The average molecular weight is 373 g/mol. The lowest BCUT2D eigenvalue weighted by Gasteiger charge is -2.06. The number of aromatic amines is 1. The molecule has 0 unspecified atom stereocenters. The van der Waals surface area contributed by atoms with E-state index in [1.807, 2.05) is 66.7 Å². The summed E-state index contributed by atoms with van der Waals surface area (Å²) in [4.78, 5) is 4.11. The van der Waals surface area contributed by atoms with Gasteiger partial charge in [0.15, 0.2) is 5.82 Å². The number of rotatable bonds is 5. The number of nitrogens with one attached hydrogen (secondary N) is 1. The Bertz CT molecular complexity index is 1120. The largest absolute Gasteiger partial charge is 0.457 e. The fourth-order valence-electron chi connectivity index (χ4n) is 2.49. The van der Waals surface area contributed by atoms with Crippen molar-refractivity contribution in [2.24, 2.45) is 5.10 Å². The summed E-state index contributed by atoms with van der Waals surface area (Å²) in [7, 11) is 0. The molecule has 2 aromatic carbocycles. The number of para-hydroxylation sites is 1. The fraction of sp³-hybridized carbons (Fsp3) is 0. The van der Waals surface area contributed by atoms with E-state index in [0.29, 0.717) is 10.6 Å². The van der Waals surface area contributed by atoms with E-state index in [1.165, 1.54) is 0 Å². The highest BCUT2D eigenvalue weighted by atomic mass is 32.1. The molecule has 0 saturated carbocycles. The minimum absolute atomic E-state index is 0.404. The predicted octanol–water partition coefficient (Wildman–Crippen LogP) is 4.68. The molecule has 0 aliphatic carbocycles. The van der Waals surface area contributed by atoms with Gasteiger partial charge in [-0.05, 0) is 54.2 Å². The Balaban J connectivity index is 1.60. The standard InChI is InChI=1S/C20H15N5OS/c27-20-24-23-19(16-7-5-11-21-14-16)25(20)22-13-15-6-4-10-18(12-15)26-17-8-2-1-3-9-17/h1-14H,(H,24,27). The zero-order chi connectivity index (χ0) is 18.5. The Morgan fingerprint density at radius 3 is 2.67 bits per heavy atom. The van der Waals surface area contributed by atoms with E-state index < -0.39 is 0 Å². The summed E-state index contributed by atoms with van der Waals surface area (Å²) in [5, 5.41) is 11.5. The highest BCUT2D eigenvalue weighted by Gasteiger charge is 2.07. The zero-order valence-electron chi connectivity index (χ0n) is 14.2. The third-order valence-electron chi connectivity index (χ3n) is 3.73. The summed E-state index contributed by atoms with van der Waals surface area (Å²) in [5.41, 5.74) is 1.70. The number of benzene rings is 2. The summed E-state index contributed by atoms with van der Waals surface area (Å²) in [6, 6.07) is 21.0. The molecular formula is C20H15N5OS. The van der Waals surface area contributed by atoms with E-state index in [2.05, 4.69) is 20.3 Å². The number of ether oxygens (including phenoxy) is 1. The molecule has 0 aliphatic rings. The lowest BCUT2D eigenvalue weighted by atomic mass is 10.2. The summed E-state index contributed by atoms with van der Waals surface area (Å²) >= 11 is 5.29. The molecule has 2 heterocycles. The van der Waals surface area contributed by atoms with Crippen molar-refractivity contribution in [2.75, 3.05) is 0 Å². The molecule has 132 valence electrons. The molecule has 27 heavy (non-hydrogen) atoms. The van der Waals surface area contributed by atoms with Crippen LogP contribution in [0.4, 0.5) is 0 Å². The summed E-state index contributed by atoms with van der Waals surface area (Å²) in [6.07, 6.45) is 5.13. The molecule has 6 nitrogen and oxygen atoms in total. The SMILES string of the molecule is S=c1[nH]nc(-c2cccnc2)n1N=Cc1cccc(Oc2ccccc2)c1. The van der Waals surface area contributed by atoms with Crippen LogP contribution in [0.15, 0.2) is 84.2 Å². The van der Waals surface area contributed by atoms with Gasteiger partial charge in [-0.25, -0.2) is 5.10 Å². The van der Waals surface area contributed by atoms with Gasteiger partial charge < -0.3 is 4.74 Å². The third-order valence-corrected chi connectivity index (χ3v) is 3.99. The smallest absolute Gasteiger partial charge is 0.216 e. The van der Waals surface area contributed by atoms with Crippen molar-refractivity contribution in [1.29, 1.82) is 0 Å². The van der Waals surface area contributed by atoms with E-state index in [-0.39, 0.29) is 0 Å². The van der Waals surface area contributed by atoms with Gasteiger partial charge in [0, 0.05) is 18.0 Å². The monoisotopic (exact) mass is 373 g/mol. The molecule has 4 aromatic rings. The van der Waals surface area contributed by atoms with Gasteiger partial charge >= 0.3 is 0 Å². The van der Waals surface area contributed by atoms with Crippen LogP contribution in [0.2, 0.25) is 0 Å². The number of aromatic nitrogens is 4.